The summed E-state index contributed by atoms with van der Waals surface area (Å²) < 4.78 is 21.7. The molecule has 1 fully saturated rings. The van der Waals surface area contributed by atoms with Gasteiger partial charge in [0.25, 0.3) is 0 Å². The van der Waals surface area contributed by atoms with E-state index in [9.17, 15) is 9.59 Å². The molecule has 3 atom stereocenters. The van der Waals surface area contributed by atoms with Gasteiger partial charge in [0.2, 0.25) is 6.29 Å². The second kappa shape index (κ2) is 8.06. The number of carbonyl (C=O) groups is 2. The first-order valence-corrected chi connectivity index (χ1v) is 8.88. The number of thioether (sulfide) groups is 1. The minimum Gasteiger partial charge on any atom is -0.467 e. The maximum absolute atomic E-state index is 12.5. The molecular weight excluding hydrogens is 320 g/mol. The first-order valence-electron chi connectivity index (χ1n) is 7.89. The molecule has 130 valence electrons. The molecule has 0 bridgehead atoms. The highest BCUT2D eigenvalue weighted by Gasteiger charge is 2.52. The van der Waals surface area contributed by atoms with Gasteiger partial charge in [-0.2, -0.15) is 0 Å². The van der Waals surface area contributed by atoms with Crippen LogP contribution in [0.3, 0.4) is 0 Å². The minimum absolute atomic E-state index is 0.0482. The SMILES string of the molecule is CCSC(=O)CC1CC[C@H](C)[C@](CC2OC=CO2)(C(=O)OC)O1. The molecule has 0 amide bonds. The average Bonchev–Trinajstić information content (AvgIpc) is 3.02. The maximum atomic E-state index is 12.5. The Kier molecular flexibility index (Phi) is 6.35. The predicted octanol–water partition coefficient (Wildman–Crippen LogP) is 2.62. The largest absolute Gasteiger partial charge is 0.467 e. The summed E-state index contributed by atoms with van der Waals surface area (Å²) in [5.41, 5.74) is -1.15. The molecule has 0 saturated carbocycles. The Morgan fingerprint density at radius 3 is 2.61 bits per heavy atom. The van der Waals surface area contributed by atoms with Gasteiger partial charge in [-0.25, -0.2) is 4.79 Å². The van der Waals surface area contributed by atoms with Crippen LogP contribution in [-0.2, 0) is 28.5 Å². The van der Waals surface area contributed by atoms with E-state index >= 15 is 0 Å². The predicted molar refractivity (Wildman–Crippen MR) is 85.5 cm³/mol. The smallest absolute Gasteiger partial charge is 0.338 e. The van der Waals surface area contributed by atoms with Crippen LogP contribution in [-0.4, -0.2) is 41.9 Å². The minimum atomic E-state index is -1.15. The number of hydrogen-bond donors (Lipinski definition) is 0. The van der Waals surface area contributed by atoms with Crippen LogP contribution in [0, 0.1) is 5.92 Å². The topological polar surface area (TPSA) is 71.1 Å². The Bertz CT molecular complexity index is 457. The third-order valence-corrected chi connectivity index (χ3v) is 5.09. The van der Waals surface area contributed by atoms with E-state index in [0.29, 0.717) is 6.42 Å². The molecule has 0 spiro atoms. The molecule has 2 heterocycles. The number of rotatable bonds is 6. The highest BCUT2D eigenvalue weighted by molar-refractivity contribution is 8.13. The van der Waals surface area contributed by atoms with E-state index in [0.717, 1.165) is 18.6 Å². The van der Waals surface area contributed by atoms with Gasteiger partial charge in [0.05, 0.1) is 19.6 Å². The molecule has 6 nitrogen and oxygen atoms in total. The third kappa shape index (κ3) is 4.20. The standard InChI is InChI=1S/C16H24O6S/c1-4-23-13(17)9-12-6-5-11(2)16(22-12,15(18)19-3)10-14-20-7-8-21-14/h7-8,11-12,14H,4-6,9-10H2,1-3H3/t11-,12?,16+/m0/s1. The van der Waals surface area contributed by atoms with Gasteiger partial charge in [-0.1, -0.05) is 25.6 Å². The quantitative estimate of drug-likeness (QED) is 0.686. The lowest BCUT2D eigenvalue weighted by atomic mass is 9.78. The highest BCUT2D eigenvalue weighted by Crippen LogP contribution is 2.41. The van der Waals surface area contributed by atoms with E-state index < -0.39 is 17.9 Å². The number of carbonyl (C=O) groups excluding carboxylic acids is 2. The van der Waals surface area contributed by atoms with Crippen molar-refractivity contribution in [1.82, 2.24) is 0 Å². The third-order valence-electron chi connectivity index (χ3n) is 4.31. The molecular formula is C16H24O6S. The number of methoxy groups -OCH3 is 1. The van der Waals surface area contributed by atoms with Crippen LogP contribution >= 0.6 is 11.8 Å². The fraction of sp³-hybridized carbons (Fsp3) is 0.750. The van der Waals surface area contributed by atoms with Crippen molar-refractivity contribution in [3.8, 4) is 0 Å². The molecule has 0 N–H and O–H groups in total. The van der Waals surface area contributed by atoms with Crippen molar-refractivity contribution in [1.29, 1.82) is 0 Å². The first-order chi connectivity index (χ1) is 11.0. The zero-order chi connectivity index (χ0) is 16.9. The molecule has 0 aromatic rings. The van der Waals surface area contributed by atoms with E-state index in [-0.39, 0.29) is 23.6 Å². The molecule has 0 aliphatic carbocycles. The van der Waals surface area contributed by atoms with Crippen molar-refractivity contribution >= 4 is 22.8 Å². The van der Waals surface area contributed by atoms with Crippen LogP contribution in [0.4, 0.5) is 0 Å². The monoisotopic (exact) mass is 344 g/mol. The summed E-state index contributed by atoms with van der Waals surface area (Å²) in [5, 5.41) is 0.0841. The van der Waals surface area contributed by atoms with Gasteiger partial charge in [-0.05, 0) is 24.5 Å². The molecule has 2 aliphatic heterocycles. The summed E-state index contributed by atoms with van der Waals surface area (Å²) in [5.74, 6) is 0.247. The summed E-state index contributed by atoms with van der Waals surface area (Å²) >= 11 is 1.28. The van der Waals surface area contributed by atoms with Gasteiger partial charge in [-0.15, -0.1) is 0 Å². The second-order valence-corrected chi connectivity index (χ2v) is 7.11. The molecule has 0 radical (unpaired) electrons. The summed E-state index contributed by atoms with van der Waals surface area (Å²) in [6.45, 7) is 3.89. The van der Waals surface area contributed by atoms with Crippen molar-refractivity contribution < 1.29 is 28.5 Å². The fourth-order valence-electron chi connectivity index (χ4n) is 3.06. The van der Waals surface area contributed by atoms with Gasteiger partial charge in [0.15, 0.2) is 10.7 Å². The summed E-state index contributed by atoms with van der Waals surface area (Å²) in [6, 6.07) is 0. The van der Waals surface area contributed by atoms with Crippen LogP contribution in [0.15, 0.2) is 12.5 Å². The van der Waals surface area contributed by atoms with Crippen molar-refractivity contribution in [2.75, 3.05) is 12.9 Å². The average molecular weight is 344 g/mol. The van der Waals surface area contributed by atoms with Gasteiger partial charge < -0.3 is 18.9 Å². The van der Waals surface area contributed by atoms with Crippen LogP contribution in [0.5, 0.6) is 0 Å². The van der Waals surface area contributed by atoms with Gasteiger partial charge >= 0.3 is 5.97 Å². The Labute approximate surface area is 140 Å². The Morgan fingerprint density at radius 1 is 1.30 bits per heavy atom. The number of ether oxygens (including phenoxy) is 4. The van der Waals surface area contributed by atoms with E-state index in [2.05, 4.69) is 0 Å². The van der Waals surface area contributed by atoms with E-state index in [1.807, 2.05) is 13.8 Å². The molecule has 0 aromatic carbocycles. The van der Waals surface area contributed by atoms with E-state index in [4.69, 9.17) is 18.9 Å². The lowest BCUT2D eigenvalue weighted by Gasteiger charge is -2.44. The zero-order valence-corrected chi connectivity index (χ0v) is 14.6. The molecule has 7 heteroatoms. The Morgan fingerprint density at radius 2 is 2.00 bits per heavy atom. The van der Waals surface area contributed by atoms with Crippen molar-refractivity contribution in [2.45, 2.75) is 57.5 Å². The number of hydrogen-bond acceptors (Lipinski definition) is 7. The number of esters is 1. The molecule has 0 aromatic heterocycles. The van der Waals surface area contributed by atoms with Crippen LogP contribution < -0.4 is 0 Å². The molecule has 1 unspecified atom stereocenters. The molecule has 2 rings (SSSR count). The van der Waals surface area contributed by atoms with Crippen molar-refractivity contribution in [3.63, 3.8) is 0 Å². The molecule has 2 aliphatic rings. The van der Waals surface area contributed by atoms with Crippen LogP contribution in [0.25, 0.3) is 0 Å². The maximum Gasteiger partial charge on any atom is 0.338 e. The van der Waals surface area contributed by atoms with Gasteiger partial charge in [0.1, 0.15) is 12.5 Å². The van der Waals surface area contributed by atoms with E-state index in [1.54, 1.807) is 0 Å². The van der Waals surface area contributed by atoms with Gasteiger partial charge in [0, 0.05) is 6.42 Å². The summed E-state index contributed by atoms with van der Waals surface area (Å²) in [6.07, 6.45) is 4.10. The molecule has 1 saturated heterocycles. The van der Waals surface area contributed by atoms with Crippen molar-refractivity contribution in [2.24, 2.45) is 5.92 Å². The highest BCUT2D eigenvalue weighted by atomic mass is 32.2. The summed E-state index contributed by atoms with van der Waals surface area (Å²) in [4.78, 5) is 24.4. The lowest BCUT2D eigenvalue weighted by molar-refractivity contribution is -0.216. The Balaban J connectivity index is 2.12. The Hall–Kier alpha value is -1.21. The molecule has 23 heavy (non-hydrogen) atoms. The van der Waals surface area contributed by atoms with Crippen LogP contribution in [0.2, 0.25) is 0 Å². The summed E-state index contributed by atoms with van der Waals surface area (Å²) in [7, 11) is 1.34. The zero-order valence-electron chi connectivity index (χ0n) is 13.8. The lowest BCUT2D eigenvalue weighted by Crippen LogP contribution is -2.55. The normalized spacial score (nSPS) is 30.6. The fourth-order valence-corrected chi connectivity index (χ4v) is 3.69. The van der Waals surface area contributed by atoms with Crippen molar-refractivity contribution in [3.05, 3.63) is 12.5 Å². The second-order valence-electron chi connectivity index (χ2n) is 5.79. The van der Waals surface area contributed by atoms with E-state index in [1.165, 1.54) is 31.4 Å². The van der Waals surface area contributed by atoms with Gasteiger partial charge in [-0.3, -0.25) is 4.79 Å². The van der Waals surface area contributed by atoms with Crippen LogP contribution in [0.1, 0.15) is 39.5 Å². The first kappa shape index (κ1) is 18.1.